The van der Waals surface area contributed by atoms with Crippen LogP contribution in [0.4, 0.5) is 11.5 Å². The van der Waals surface area contributed by atoms with Gasteiger partial charge in [0.05, 0.1) is 9.95 Å². The SMILES string of the molecule is CCC(N)(CC)CNc1ncc(Cl)cc1[N+](=O)[O-]. The molecule has 18 heavy (non-hydrogen) atoms. The van der Waals surface area contributed by atoms with E-state index in [-0.39, 0.29) is 16.5 Å². The number of aromatic nitrogens is 1. The maximum atomic E-state index is 10.9. The van der Waals surface area contributed by atoms with Crippen molar-refractivity contribution in [2.75, 3.05) is 11.9 Å². The van der Waals surface area contributed by atoms with E-state index in [9.17, 15) is 10.1 Å². The number of halogens is 1. The topological polar surface area (TPSA) is 94.1 Å². The molecule has 0 aliphatic carbocycles. The van der Waals surface area contributed by atoms with Crippen LogP contribution in [0.3, 0.4) is 0 Å². The number of nitrogens with one attached hydrogen (secondary N) is 1. The number of nitrogens with zero attached hydrogens (tertiary/aromatic N) is 2. The van der Waals surface area contributed by atoms with Gasteiger partial charge in [-0.3, -0.25) is 10.1 Å². The van der Waals surface area contributed by atoms with E-state index in [4.69, 9.17) is 17.3 Å². The van der Waals surface area contributed by atoms with Crippen molar-refractivity contribution in [2.24, 2.45) is 5.73 Å². The van der Waals surface area contributed by atoms with E-state index in [1.54, 1.807) is 0 Å². The van der Waals surface area contributed by atoms with Crippen LogP contribution in [0.1, 0.15) is 26.7 Å². The van der Waals surface area contributed by atoms with Gasteiger partial charge in [0.15, 0.2) is 0 Å². The highest BCUT2D eigenvalue weighted by atomic mass is 35.5. The summed E-state index contributed by atoms with van der Waals surface area (Å²) < 4.78 is 0. The molecule has 0 unspecified atom stereocenters. The lowest BCUT2D eigenvalue weighted by Crippen LogP contribution is -2.45. The summed E-state index contributed by atoms with van der Waals surface area (Å²) >= 11 is 5.69. The molecule has 100 valence electrons. The summed E-state index contributed by atoms with van der Waals surface area (Å²) in [5.41, 5.74) is 5.58. The Labute approximate surface area is 111 Å². The number of rotatable bonds is 6. The van der Waals surface area contributed by atoms with Gasteiger partial charge in [-0.15, -0.1) is 0 Å². The van der Waals surface area contributed by atoms with Crippen molar-refractivity contribution in [3.63, 3.8) is 0 Å². The van der Waals surface area contributed by atoms with E-state index in [1.165, 1.54) is 12.3 Å². The Kier molecular flexibility index (Phi) is 4.86. The lowest BCUT2D eigenvalue weighted by Gasteiger charge is -2.26. The van der Waals surface area contributed by atoms with Crippen molar-refractivity contribution < 1.29 is 4.92 Å². The van der Waals surface area contributed by atoms with Gasteiger partial charge >= 0.3 is 5.69 Å². The number of nitrogens with two attached hydrogens (primary N) is 1. The van der Waals surface area contributed by atoms with E-state index in [1.807, 2.05) is 13.8 Å². The molecule has 0 amide bonds. The molecule has 1 aromatic heterocycles. The minimum absolute atomic E-state index is 0.142. The maximum absolute atomic E-state index is 10.9. The molecule has 0 aromatic carbocycles. The summed E-state index contributed by atoms with van der Waals surface area (Å²) in [6, 6.07) is 1.27. The van der Waals surface area contributed by atoms with Gasteiger partial charge in [-0.1, -0.05) is 25.4 Å². The summed E-state index contributed by atoms with van der Waals surface area (Å²) in [6.45, 7) is 4.39. The van der Waals surface area contributed by atoms with E-state index in [2.05, 4.69) is 10.3 Å². The third kappa shape index (κ3) is 3.54. The lowest BCUT2D eigenvalue weighted by molar-refractivity contribution is -0.384. The third-order valence-corrected chi connectivity index (χ3v) is 3.25. The first-order valence-electron chi connectivity index (χ1n) is 5.74. The second-order valence-electron chi connectivity index (χ2n) is 4.20. The molecule has 1 rings (SSSR count). The zero-order valence-electron chi connectivity index (χ0n) is 10.4. The standard InChI is InChI=1S/C11H17ClN4O2/c1-3-11(13,4-2)7-15-10-9(16(17)18)5-8(12)6-14-10/h5-6H,3-4,7,13H2,1-2H3,(H,14,15). The normalized spacial score (nSPS) is 11.3. The zero-order chi connectivity index (χ0) is 13.8. The second kappa shape index (κ2) is 5.97. The number of hydrogen-bond donors (Lipinski definition) is 2. The van der Waals surface area contributed by atoms with Gasteiger partial charge < -0.3 is 11.1 Å². The molecule has 6 nitrogen and oxygen atoms in total. The Morgan fingerprint density at radius 2 is 2.17 bits per heavy atom. The molecule has 0 radical (unpaired) electrons. The molecule has 1 aromatic rings. The van der Waals surface area contributed by atoms with E-state index >= 15 is 0 Å². The average molecular weight is 273 g/mol. The van der Waals surface area contributed by atoms with Gasteiger partial charge in [0.25, 0.3) is 0 Å². The molecule has 0 spiro atoms. The quantitative estimate of drug-likeness (QED) is 0.613. The molecule has 0 atom stereocenters. The fraction of sp³-hybridized carbons (Fsp3) is 0.545. The van der Waals surface area contributed by atoms with Crippen LogP contribution in [-0.2, 0) is 0 Å². The summed E-state index contributed by atoms with van der Waals surface area (Å²) in [4.78, 5) is 14.3. The van der Waals surface area contributed by atoms with E-state index in [0.29, 0.717) is 6.54 Å². The summed E-state index contributed by atoms with van der Waals surface area (Å²) in [7, 11) is 0. The van der Waals surface area contributed by atoms with Crippen molar-refractivity contribution >= 4 is 23.1 Å². The predicted molar refractivity (Wildman–Crippen MR) is 71.9 cm³/mol. The van der Waals surface area contributed by atoms with Crippen LogP contribution >= 0.6 is 11.6 Å². The highest BCUT2D eigenvalue weighted by Crippen LogP contribution is 2.25. The second-order valence-corrected chi connectivity index (χ2v) is 4.64. The Balaban J connectivity index is 2.88. The van der Waals surface area contributed by atoms with Crippen molar-refractivity contribution in [2.45, 2.75) is 32.2 Å². The highest BCUT2D eigenvalue weighted by molar-refractivity contribution is 6.30. The van der Waals surface area contributed by atoms with Crippen LogP contribution in [0, 0.1) is 10.1 Å². The third-order valence-electron chi connectivity index (χ3n) is 3.05. The lowest BCUT2D eigenvalue weighted by atomic mass is 9.94. The maximum Gasteiger partial charge on any atom is 0.312 e. The molecule has 0 saturated heterocycles. The van der Waals surface area contributed by atoms with Gasteiger partial charge in [-0.05, 0) is 12.8 Å². The summed E-state index contributed by atoms with van der Waals surface area (Å²) in [5.74, 6) is 0.195. The summed E-state index contributed by atoms with van der Waals surface area (Å²) in [6.07, 6.45) is 2.92. The van der Waals surface area contributed by atoms with Crippen molar-refractivity contribution in [1.82, 2.24) is 4.98 Å². The Morgan fingerprint density at radius 1 is 1.56 bits per heavy atom. The molecule has 0 aliphatic rings. The molecular weight excluding hydrogens is 256 g/mol. The predicted octanol–water partition coefficient (Wildman–Crippen LogP) is 2.57. The first kappa shape index (κ1) is 14.7. The van der Waals surface area contributed by atoms with Gasteiger partial charge in [0.1, 0.15) is 0 Å². The summed E-state index contributed by atoms with van der Waals surface area (Å²) in [5, 5.41) is 14.0. The van der Waals surface area contributed by atoms with Crippen LogP contribution in [0.5, 0.6) is 0 Å². The van der Waals surface area contributed by atoms with Crippen LogP contribution in [0.2, 0.25) is 5.02 Å². The molecular formula is C11H17ClN4O2. The smallest absolute Gasteiger partial charge is 0.312 e. The van der Waals surface area contributed by atoms with Crippen LogP contribution in [-0.4, -0.2) is 22.0 Å². The number of hydrogen-bond acceptors (Lipinski definition) is 5. The van der Waals surface area contributed by atoms with Gasteiger partial charge in [-0.25, -0.2) is 4.98 Å². The minimum Gasteiger partial charge on any atom is -0.362 e. The van der Waals surface area contributed by atoms with Crippen LogP contribution in [0.15, 0.2) is 12.3 Å². The Bertz CT molecular complexity index is 435. The first-order valence-corrected chi connectivity index (χ1v) is 6.12. The van der Waals surface area contributed by atoms with E-state index in [0.717, 1.165) is 12.8 Å². The molecule has 1 heterocycles. The molecule has 0 fully saturated rings. The van der Waals surface area contributed by atoms with Crippen LogP contribution < -0.4 is 11.1 Å². The molecule has 3 N–H and O–H groups in total. The van der Waals surface area contributed by atoms with Crippen molar-refractivity contribution in [1.29, 1.82) is 0 Å². The van der Waals surface area contributed by atoms with Crippen molar-refractivity contribution in [3.05, 3.63) is 27.4 Å². The largest absolute Gasteiger partial charge is 0.362 e. The monoisotopic (exact) mass is 272 g/mol. The number of nitro groups is 1. The van der Waals surface area contributed by atoms with Crippen LogP contribution in [0.25, 0.3) is 0 Å². The molecule has 7 heteroatoms. The fourth-order valence-corrected chi connectivity index (χ4v) is 1.62. The van der Waals surface area contributed by atoms with Crippen molar-refractivity contribution in [3.8, 4) is 0 Å². The van der Waals surface area contributed by atoms with Gasteiger partial charge in [-0.2, -0.15) is 0 Å². The number of pyridine rings is 1. The Hall–Kier alpha value is -1.40. The van der Waals surface area contributed by atoms with Gasteiger partial charge in [0.2, 0.25) is 5.82 Å². The number of anilines is 1. The molecule has 0 aliphatic heterocycles. The zero-order valence-corrected chi connectivity index (χ0v) is 11.2. The molecule has 0 bridgehead atoms. The average Bonchev–Trinajstić information content (AvgIpc) is 2.36. The minimum atomic E-state index is -0.517. The van der Waals surface area contributed by atoms with Gasteiger partial charge in [0, 0.05) is 24.3 Å². The highest BCUT2D eigenvalue weighted by Gasteiger charge is 2.22. The Morgan fingerprint density at radius 3 is 2.67 bits per heavy atom. The fourth-order valence-electron chi connectivity index (χ4n) is 1.46. The first-order chi connectivity index (χ1) is 8.41. The van der Waals surface area contributed by atoms with E-state index < -0.39 is 10.5 Å². The molecule has 0 saturated carbocycles.